The Morgan fingerprint density at radius 2 is 0.240 bits per heavy atom. The van der Waals surface area contributed by atoms with Crippen molar-refractivity contribution in [3.8, 4) is 156 Å². The number of hydrogen-bond acceptors (Lipinski definition) is 0. The fourth-order valence-corrected chi connectivity index (χ4v) is 23.4. The van der Waals surface area contributed by atoms with E-state index in [1.807, 2.05) is 0 Å². The van der Waals surface area contributed by atoms with E-state index in [4.69, 9.17) is 0 Å². The standard InChI is InChI=1S/2C52H34.C46H30/c1-3-13-35(14-4-1)42-28-30-48-49(33-42)51(44-22-11-21-40(32-44)41-26-25-37-17-7-8-19-39(37)31-41)47-29-27-43(36-15-5-2-6-16-36)34-50(47)52(48)46-24-12-20-38-18-9-10-23-45(38)46;1-3-12-35(13-4-1)43-29-31-48-49(33-43)51(40-25-22-38(23-26-40)42-27-24-37-16-7-8-18-41(37)32-42)47-30-28-44(36-14-5-2-6-15-36)34-50(47)52(48)46-21-11-19-39-17-9-10-20-45(39)46;1-3-12-31(13-4-1)36-25-27-42-43(29-36)45(38-23-22-33-16-7-8-18-35(33)28-38)41-26-24-37(32-14-5-2-6-15-32)30-44(41)46(42)40-21-11-19-34-17-9-10-20-39(34)40/h2*1-34H;1-30H. The van der Waals surface area contributed by atoms with Crippen molar-refractivity contribution in [2.24, 2.45) is 0 Å². The van der Waals surface area contributed by atoms with E-state index in [9.17, 15) is 0 Å². The monoisotopic (exact) mass is 1900 g/mol. The topological polar surface area (TPSA) is 0 Å². The van der Waals surface area contributed by atoms with Crippen molar-refractivity contribution >= 4 is 129 Å². The second-order valence-electron chi connectivity index (χ2n) is 39.4. The number of fused-ring (bicyclic) bond motifs is 12. The lowest BCUT2D eigenvalue weighted by atomic mass is 9.82. The van der Waals surface area contributed by atoms with Gasteiger partial charge in [-0.05, 0) is 346 Å². The second kappa shape index (κ2) is 38.9. The summed E-state index contributed by atoms with van der Waals surface area (Å²) in [4.78, 5) is 0. The Morgan fingerprint density at radius 3 is 0.553 bits per heavy atom. The highest BCUT2D eigenvalue weighted by Crippen LogP contribution is 2.54. The van der Waals surface area contributed by atoms with E-state index in [0.717, 1.165) is 0 Å². The summed E-state index contributed by atoms with van der Waals surface area (Å²) < 4.78 is 0. The van der Waals surface area contributed by atoms with Crippen LogP contribution in [0.1, 0.15) is 0 Å². The van der Waals surface area contributed by atoms with E-state index >= 15 is 0 Å². The molecule has 0 aliphatic rings. The van der Waals surface area contributed by atoms with E-state index in [1.54, 1.807) is 0 Å². The molecule has 0 radical (unpaired) electrons. The second-order valence-corrected chi connectivity index (χ2v) is 39.4. The first-order valence-corrected chi connectivity index (χ1v) is 51.9. The Labute approximate surface area is 873 Å². The van der Waals surface area contributed by atoms with Gasteiger partial charge in [0.15, 0.2) is 0 Å². The first-order chi connectivity index (χ1) is 74.4. The van der Waals surface area contributed by atoms with E-state index in [1.165, 1.54) is 285 Å². The first-order valence-electron chi connectivity index (χ1n) is 51.9. The molecule has 0 unspecified atom stereocenters. The van der Waals surface area contributed by atoms with Gasteiger partial charge in [0.05, 0.1) is 0 Å². The molecular weight excluding hydrogens is 1800 g/mol. The average Bonchev–Trinajstić information content (AvgIpc) is 0.727. The molecule has 150 heavy (non-hydrogen) atoms. The normalized spacial score (nSPS) is 11.5. The zero-order valence-electron chi connectivity index (χ0n) is 82.6. The maximum absolute atomic E-state index is 2.42. The van der Waals surface area contributed by atoms with Gasteiger partial charge in [0, 0.05) is 0 Å². The molecular formula is C150H98. The van der Waals surface area contributed by atoms with Crippen LogP contribution in [0, 0.1) is 0 Å². The van der Waals surface area contributed by atoms with E-state index < -0.39 is 0 Å². The lowest BCUT2D eigenvalue weighted by molar-refractivity contribution is 1.61. The van der Waals surface area contributed by atoms with Crippen molar-refractivity contribution in [2.45, 2.75) is 0 Å². The zero-order chi connectivity index (χ0) is 99.3. The van der Waals surface area contributed by atoms with Crippen LogP contribution in [-0.4, -0.2) is 0 Å². The quantitative estimate of drug-likeness (QED) is 0.0952. The van der Waals surface area contributed by atoms with Crippen LogP contribution in [0.15, 0.2) is 595 Å². The molecule has 0 saturated heterocycles. The highest BCUT2D eigenvalue weighted by Gasteiger charge is 2.26. The summed E-state index contributed by atoms with van der Waals surface area (Å²) >= 11 is 0. The van der Waals surface area contributed by atoms with Gasteiger partial charge >= 0.3 is 0 Å². The molecule has 29 aromatic rings. The fraction of sp³-hybridized carbons (Fsp3) is 0. The lowest BCUT2D eigenvalue weighted by Crippen LogP contribution is -1.93. The van der Waals surface area contributed by atoms with E-state index in [0.29, 0.717) is 0 Å². The molecule has 0 heterocycles. The molecule has 0 atom stereocenters. The van der Waals surface area contributed by atoms with Crippen molar-refractivity contribution in [3.63, 3.8) is 0 Å². The smallest absolute Gasteiger partial charge is 0.00199 e. The summed E-state index contributed by atoms with van der Waals surface area (Å²) in [5, 5.41) is 30.1. The Kier molecular flexibility index (Phi) is 23.2. The van der Waals surface area contributed by atoms with E-state index in [2.05, 4.69) is 595 Å². The molecule has 0 heteroatoms. The Balaban J connectivity index is 0.000000111. The van der Waals surface area contributed by atoms with Crippen LogP contribution in [0.4, 0.5) is 0 Å². The summed E-state index contributed by atoms with van der Waals surface area (Å²) in [7, 11) is 0. The molecule has 0 nitrogen and oxygen atoms in total. The van der Waals surface area contributed by atoms with Crippen molar-refractivity contribution < 1.29 is 0 Å². The number of benzene rings is 29. The molecule has 0 amide bonds. The minimum Gasteiger partial charge on any atom is -0.0622 e. The van der Waals surface area contributed by atoms with Crippen LogP contribution in [0.25, 0.3) is 285 Å². The predicted molar refractivity (Wildman–Crippen MR) is 646 cm³/mol. The Bertz CT molecular complexity index is 10300. The fourth-order valence-electron chi connectivity index (χ4n) is 23.4. The third kappa shape index (κ3) is 16.7. The molecule has 0 N–H and O–H groups in total. The molecule has 0 spiro atoms. The van der Waals surface area contributed by atoms with Crippen molar-refractivity contribution in [2.75, 3.05) is 0 Å². The predicted octanol–water partition coefficient (Wildman–Crippen LogP) is 42.2. The van der Waals surface area contributed by atoms with Gasteiger partial charge in [-0.1, -0.05) is 534 Å². The SMILES string of the molecule is c1ccc(-c2ccc3c(-c4cccc5ccccc45)c4cc(-c5ccccc5)ccc4c(-c4ccc(-c5ccc6ccccc6c5)cc4)c3c2)cc1.c1ccc(-c2ccc3c(-c4cccc5ccccc45)c4cc(-c5ccccc5)ccc4c(-c4ccc5ccccc5c4)c3c2)cc1.c1ccc(-c2ccc3c(-c4cccc5ccccc45)c4cc(-c5ccccc5)ccc4c(-c4cccc(-c5ccc6ccccc6c5)c4)c3c2)cc1. The highest BCUT2D eigenvalue weighted by molar-refractivity contribution is 6.29. The highest BCUT2D eigenvalue weighted by atomic mass is 14.3. The third-order valence-corrected chi connectivity index (χ3v) is 30.7. The molecule has 0 saturated carbocycles. The van der Waals surface area contributed by atoms with Crippen molar-refractivity contribution in [1.82, 2.24) is 0 Å². The van der Waals surface area contributed by atoms with Gasteiger partial charge in [-0.3, -0.25) is 0 Å². The molecule has 0 bridgehead atoms. The Morgan fingerprint density at radius 1 is 0.0667 bits per heavy atom. The van der Waals surface area contributed by atoms with E-state index in [-0.39, 0.29) is 0 Å². The van der Waals surface area contributed by atoms with Gasteiger partial charge in [0.1, 0.15) is 0 Å². The molecule has 0 aliphatic heterocycles. The van der Waals surface area contributed by atoms with Gasteiger partial charge < -0.3 is 0 Å². The van der Waals surface area contributed by atoms with Crippen LogP contribution in [0.3, 0.4) is 0 Å². The molecule has 0 aliphatic carbocycles. The molecule has 0 fully saturated rings. The summed E-state index contributed by atoms with van der Waals surface area (Å²) in [6.07, 6.45) is 0. The molecule has 29 rings (SSSR count). The van der Waals surface area contributed by atoms with Crippen LogP contribution in [0.2, 0.25) is 0 Å². The summed E-state index contributed by atoms with van der Waals surface area (Å²) in [6, 6.07) is 218. The minimum absolute atomic E-state index is 1.21. The minimum atomic E-state index is 1.21. The Hall–Kier alpha value is -19.5. The average molecular weight is 1900 g/mol. The lowest BCUT2D eigenvalue weighted by Gasteiger charge is -2.21. The van der Waals surface area contributed by atoms with Crippen LogP contribution in [-0.2, 0) is 0 Å². The van der Waals surface area contributed by atoms with Crippen LogP contribution < -0.4 is 0 Å². The van der Waals surface area contributed by atoms with Crippen molar-refractivity contribution in [3.05, 3.63) is 595 Å². The van der Waals surface area contributed by atoms with Gasteiger partial charge in [-0.25, -0.2) is 0 Å². The van der Waals surface area contributed by atoms with Crippen LogP contribution >= 0.6 is 0 Å². The molecule has 0 aromatic heterocycles. The molecule has 698 valence electrons. The summed E-state index contributed by atoms with van der Waals surface area (Å²) in [5.41, 5.74) is 34.5. The largest absolute Gasteiger partial charge is 0.0622 e. The third-order valence-electron chi connectivity index (χ3n) is 30.7. The maximum atomic E-state index is 2.42. The van der Waals surface area contributed by atoms with Gasteiger partial charge in [-0.15, -0.1) is 0 Å². The maximum Gasteiger partial charge on any atom is -0.00199 e. The zero-order valence-corrected chi connectivity index (χ0v) is 82.6. The van der Waals surface area contributed by atoms with Gasteiger partial charge in [0.2, 0.25) is 0 Å². The number of hydrogen-bond donors (Lipinski definition) is 0. The van der Waals surface area contributed by atoms with Gasteiger partial charge in [-0.2, -0.15) is 0 Å². The number of rotatable bonds is 14. The summed E-state index contributed by atoms with van der Waals surface area (Å²) in [5.74, 6) is 0. The molecule has 29 aromatic carbocycles. The summed E-state index contributed by atoms with van der Waals surface area (Å²) in [6.45, 7) is 0. The van der Waals surface area contributed by atoms with Crippen LogP contribution in [0.5, 0.6) is 0 Å². The van der Waals surface area contributed by atoms with Crippen molar-refractivity contribution in [1.29, 1.82) is 0 Å². The van der Waals surface area contributed by atoms with Gasteiger partial charge in [0.25, 0.3) is 0 Å². The first kappa shape index (κ1) is 89.4.